The summed E-state index contributed by atoms with van der Waals surface area (Å²) in [5.41, 5.74) is 2.57. The number of benzene rings is 2. The molecule has 0 heterocycles. The van der Waals surface area contributed by atoms with Crippen molar-refractivity contribution in [2.45, 2.75) is 12.3 Å². The molecule has 2 heteroatoms. The molecule has 2 aromatic rings. The fourth-order valence-corrected chi connectivity index (χ4v) is 2.36. The van der Waals surface area contributed by atoms with Crippen LogP contribution < -0.4 is 0 Å². The van der Waals surface area contributed by atoms with Gasteiger partial charge in [-0.3, -0.25) is 0 Å². The Kier molecular flexibility index (Phi) is 4.47. The number of hydrogen-bond acceptors (Lipinski definition) is 0. The smallest absolute Gasteiger partial charge is 0.0406 e. The van der Waals surface area contributed by atoms with Gasteiger partial charge >= 0.3 is 0 Å². The third kappa shape index (κ3) is 3.24. The first kappa shape index (κ1) is 12.5. The van der Waals surface area contributed by atoms with Gasteiger partial charge in [-0.05, 0) is 29.7 Å². The molecule has 0 nitrogen and oxygen atoms in total. The maximum Gasteiger partial charge on any atom is 0.0406 e. The highest BCUT2D eigenvalue weighted by molar-refractivity contribution is 6.30. The summed E-state index contributed by atoms with van der Waals surface area (Å²) in [6, 6.07) is 18.5. The van der Waals surface area contributed by atoms with Crippen LogP contribution in [0.4, 0.5) is 0 Å². The van der Waals surface area contributed by atoms with E-state index in [4.69, 9.17) is 23.2 Å². The van der Waals surface area contributed by atoms with Crippen molar-refractivity contribution in [3.63, 3.8) is 0 Å². The van der Waals surface area contributed by atoms with Crippen molar-refractivity contribution >= 4 is 23.2 Å². The summed E-state index contributed by atoms with van der Waals surface area (Å²) in [5, 5.41) is 0.770. The highest BCUT2D eigenvalue weighted by atomic mass is 35.5. The van der Waals surface area contributed by atoms with Crippen molar-refractivity contribution < 1.29 is 0 Å². The van der Waals surface area contributed by atoms with E-state index in [1.54, 1.807) is 0 Å². The van der Waals surface area contributed by atoms with E-state index in [0.29, 0.717) is 11.8 Å². The van der Waals surface area contributed by atoms with Crippen LogP contribution in [-0.2, 0) is 0 Å². The van der Waals surface area contributed by atoms with Gasteiger partial charge in [0.25, 0.3) is 0 Å². The zero-order valence-corrected chi connectivity index (χ0v) is 11.0. The molecule has 0 bridgehead atoms. The summed E-state index contributed by atoms with van der Waals surface area (Å²) in [4.78, 5) is 0. The molecule has 0 aliphatic carbocycles. The molecule has 0 spiro atoms. The molecular formula is C15H14Cl2. The quantitative estimate of drug-likeness (QED) is 0.674. The summed E-state index contributed by atoms with van der Waals surface area (Å²) in [6.45, 7) is 0. The number of halogens is 2. The van der Waals surface area contributed by atoms with Crippen LogP contribution in [0.5, 0.6) is 0 Å². The zero-order chi connectivity index (χ0) is 12.1. The van der Waals surface area contributed by atoms with Gasteiger partial charge in [0, 0.05) is 16.8 Å². The molecule has 1 atom stereocenters. The Balaban J connectivity index is 2.32. The Morgan fingerprint density at radius 2 is 1.41 bits per heavy atom. The summed E-state index contributed by atoms with van der Waals surface area (Å²) < 4.78 is 0. The molecule has 88 valence electrons. The maximum absolute atomic E-state index is 5.91. The molecule has 0 radical (unpaired) electrons. The van der Waals surface area contributed by atoms with E-state index >= 15 is 0 Å². The lowest BCUT2D eigenvalue weighted by molar-refractivity contribution is 0.782. The molecule has 0 saturated heterocycles. The standard InChI is InChI=1S/C15H14Cl2/c16-11-10-15(12-4-2-1-3-5-12)13-6-8-14(17)9-7-13/h1-9,15H,10-11H2. The van der Waals surface area contributed by atoms with Gasteiger partial charge in [0.2, 0.25) is 0 Å². The summed E-state index contributed by atoms with van der Waals surface area (Å²) in [6.07, 6.45) is 0.938. The predicted octanol–water partition coefficient (Wildman–Crippen LogP) is 5.10. The molecule has 1 unspecified atom stereocenters. The molecule has 0 N–H and O–H groups in total. The van der Waals surface area contributed by atoms with E-state index in [1.165, 1.54) is 11.1 Å². The minimum Gasteiger partial charge on any atom is -0.127 e. The Morgan fingerprint density at radius 1 is 0.824 bits per heavy atom. The second kappa shape index (κ2) is 6.09. The lowest BCUT2D eigenvalue weighted by Crippen LogP contribution is -2.01. The lowest BCUT2D eigenvalue weighted by atomic mass is 9.89. The van der Waals surface area contributed by atoms with Crippen molar-refractivity contribution in [1.29, 1.82) is 0 Å². The van der Waals surface area contributed by atoms with Crippen molar-refractivity contribution in [2.75, 3.05) is 5.88 Å². The average molecular weight is 265 g/mol. The second-order valence-corrected chi connectivity index (χ2v) is 4.81. The molecule has 0 saturated carbocycles. The van der Waals surface area contributed by atoms with Gasteiger partial charge in [-0.1, -0.05) is 54.1 Å². The summed E-state index contributed by atoms with van der Waals surface area (Å²) >= 11 is 11.8. The first-order valence-electron chi connectivity index (χ1n) is 5.67. The van der Waals surface area contributed by atoms with Gasteiger partial charge in [0.15, 0.2) is 0 Å². The molecular weight excluding hydrogens is 251 g/mol. The lowest BCUT2D eigenvalue weighted by Gasteiger charge is -2.16. The largest absolute Gasteiger partial charge is 0.127 e. The van der Waals surface area contributed by atoms with E-state index in [2.05, 4.69) is 36.4 Å². The molecule has 0 aliphatic heterocycles. The second-order valence-electron chi connectivity index (χ2n) is 3.99. The Hall–Kier alpha value is -0.980. The number of hydrogen-bond donors (Lipinski definition) is 0. The molecule has 2 aromatic carbocycles. The van der Waals surface area contributed by atoms with Gasteiger partial charge in [-0.15, -0.1) is 11.6 Å². The van der Waals surface area contributed by atoms with Crippen molar-refractivity contribution in [2.24, 2.45) is 0 Å². The molecule has 0 fully saturated rings. The third-order valence-corrected chi connectivity index (χ3v) is 3.34. The first-order valence-corrected chi connectivity index (χ1v) is 6.59. The molecule has 0 amide bonds. The Bertz CT molecular complexity index is 448. The normalized spacial score (nSPS) is 12.4. The molecule has 0 aliphatic rings. The molecule has 17 heavy (non-hydrogen) atoms. The minimum atomic E-state index is 0.353. The average Bonchev–Trinajstić information content (AvgIpc) is 2.38. The van der Waals surface area contributed by atoms with Crippen LogP contribution in [0.3, 0.4) is 0 Å². The van der Waals surface area contributed by atoms with Crippen LogP contribution in [0.25, 0.3) is 0 Å². The number of alkyl halides is 1. The van der Waals surface area contributed by atoms with Gasteiger partial charge in [0.05, 0.1) is 0 Å². The maximum atomic E-state index is 5.91. The molecule has 2 rings (SSSR count). The first-order chi connectivity index (χ1) is 8.31. The van der Waals surface area contributed by atoms with Crippen LogP contribution in [0, 0.1) is 0 Å². The van der Waals surface area contributed by atoms with E-state index in [1.807, 2.05) is 18.2 Å². The van der Waals surface area contributed by atoms with Crippen molar-refractivity contribution in [1.82, 2.24) is 0 Å². The van der Waals surface area contributed by atoms with E-state index in [0.717, 1.165) is 11.4 Å². The Morgan fingerprint density at radius 3 is 2.00 bits per heavy atom. The molecule has 0 aromatic heterocycles. The monoisotopic (exact) mass is 264 g/mol. The van der Waals surface area contributed by atoms with E-state index in [-0.39, 0.29) is 0 Å². The van der Waals surface area contributed by atoms with Gasteiger partial charge in [-0.2, -0.15) is 0 Å². The van der Waals surface area contributed by atoms with Crippen LogP contribution >= 0.6 is 23.2 Å². The van der Waals surface area contributed by atoms with Crippen LogP contribution in [0.1, 0.15) is 23.5 Å². The predicted molar refractivity (Wildman–Crippen MR) is 75.1 cm³/mol. The van der Waals surface area contributed by atoms with Crippen LogP contribution in [-0.4, -0.2) is 5.88 Å². The summed E-state index contributed by atoms with van der Waals surface area (Å²) in [7, 11) is 0. The van der Waals surface area contributed by atoms with E-state index < -0.39 is 0 Å². The fourth-order valence-electron chi connectivity index (χ4n) is 2.02. The van der Waals surface area contributed by atoms with Gasteiger partial charge in [0.1, 0.15) is 0 Å². The number of rotatable bonds is 4. The zero-order valence-electron chi connectivity index (χ0n) is 9.44. The SMILES string of the molecule is ClCCC(c1ccccc1)c1ccc(Cl)cc1. The van der Waals surface area contributed by atoms with Crippen molar-refractivity contribution in [3.05, 3.63) is 70.7 Å². The minimum absolute atomic E-state index is 0.353. The van der Waals surface area contributed by atoms with E-state index in [9.17, 15) is 0 Å². The highest BCUT2D eigenvalue weighted by Gasteiger charge is 2.12. The van der Waals surface area contributed by atoms with Crippen LogP contribution in [0.2, 0.25) is 5.02 Å². The Labute approximate surface area is 112 Å². The summed E-state index contributed by atoms with van der Waals surface area (Å²) in [5.74, 6) is 1.01. The van der Waals surface area contributed by atoms with Gasteiger partial charge < -0.3 is 0 Å². The van der Waals surface area contributed by atoms with Crippen molar-refractivity contribution in [3.8, 4) is 0 Å². The van der Waals surface area contributed by atoms with Crippen LogP contribution in [0.15, 0.2) is 54.6 Å². The topological polar surface area (TPSA) is 0 Å². The van der Waals surface area contributed by atoms with Gasteiger partial charge in [-0.25, -0.2) is 0 Å². The fraction of sp³-hybridized carbons (Fsp3) is 0.200. The third-order valence-electron chi connectivity index (χ3n) is 2.87. The highest BCUT2D eigenvalue weighted by Crippen LogP contribution is 2.29.